The van der Waals surface area contributed by atoms with Gasteiger partial charge in [-0.25, -0.2) is 0 Å². The van der Waals surface area contributed by atoms with Crippen LogP contribution in [0.25, 0.3) is 0 Å². The first-order valence-corrected chi connectivity index (χ1v) is 7.80. The average Bonchev–Trinajstić information content (AvgIpc) is 3.08. The monoisotopic (exact) mass is 264 g/mol. The van der Waals surface area contributed by atoms with Crippen LogP contribution in [-0.4, -0.2) is 40.9 Å². The van der Waals surface area contributed by atoms with Gasteiger partial charge in [-0.05, 0) is 32.0 Å². The summed E-state index contributed by atoms with van der Waals surface area (Å²) in [6.07, 6.45) is 7.51. The Hall–Kier alpha value is -0.870. The van der Waals surface area contributed by atoms with Crippen molar-refractivity contribution < 1.29 is 0 Å². The van der Waals surface area contributed by atoms with E-state index in [0.29, 0.717) is 6.04 Å². The minimum Gasteiger partial charge on any atom is -0.316 e. The van der Waals surface area contributed by atoms with E-state index in [0.717, 1.165) is 32.7 Å². The molecule has 1 fully saturated rings. The SMILES string of the molecule is CCNCCN(CC)Cc1ccn(C2CCCC2)n1. The molecule has 0 spiro atoms. The maximum absolute atomic E-state index is 4.76. The Morgan fingerprint density at radius 1 is 1.37 bits per heavy atom. The third-order valence-corrected chi connectivity index (χ3v) is 4.05. The first-order chi connectivity index (χ1) is 9.33. The van der Waals surface area contributed by atoms with Crippen molar-refractivity contribution in [3.8, 4) is 0 Å². The highest BCUT2D eigenvalue weighted by molar-refractivity contribution is 5.00. The molecule has 0 radical (unpaired) electrons. The Morgan fingerprint density at radius 2 is 2.16 bits per heavy atom. The molecule has 2 rings (SSSR count). The number of hydrogen-bond acceptors (Lipinski definition) is 3. The van der Waals surface area contributed by atoms with Gasteiger partial charge in [0.05, 0.1) is 11.7 Å². The number of aromatic nitrogens is 2. The van der Waals surface area contributed by atoms with E-state index in [9.17, 15) is 0 Å². The number of nitrogens with zero attached hydrogens (tertiary/aromatic N) is 3. The van der Waals surface area contributed by atoms with Gasteiger partial charge in [0, 0.05) is 25.8 Å². The molecule has 1 aromatic heterocycles. The maximum atomic E-state index is 4.76. The van der Waals surface area contributed by atoms with Gasteiger partial charge in [0.15, 0.2) is 0 Å². The summed E-state index contributed by atoms with van der Waals surface area (Å²) in [6, 6.07) is 2.85. The quantitative estimate of drug-likeness (QED) is 0.732. The normalized spacial score (nSPS) is 16.6. The molecule has 0 aliphatic heterocycles. The van der Waals surface area contributed by atoms with Crippen LogP contribution in [0.15, 0.2) is 12.3 Å². The lowest BCUT2D eigenvalue weighted by Crippen LogP contribution is -2.31. The van der Waals surface area contributed by atoms with Gasteiger partial charge < -0.3 is 5.32 Å². The minimum absolute atomic E-state index is 0.658. The molecule has 0 bridgehead atoms. The average molecular weight is 264 g/mol. The van der Waals surface area contributed by atoms with Crippen LogP contribution < -0.4 is 5.32 Å². The zero-order valence-electron chi connectivity index (χ0n) is 12.4. The van der Waals surface area contributed by atoms with Gasteiger partial charge in [-0.15, -0.1) is 0 Å². The fraction of sp³-hybridized carbons (Fsp3) is 0.800. The molecule has 0 unspecified atom stereocenters. The van der Waals surface area contributed by atoms with E-state index in [-0.39, 0.29) is 0 Å². The van der Waals surface area contributed by atoms with Gasteiger partial charge in [-0.3, -0.25) is 9.58 Å². The molecule has 4 nitrogen and oxygen atoms in total. The van der Waals surface area contributed by atoms with Crippen molar-refractivity contribution in [2.45, 2.75) is 52.1 Å². The maximum Gasteiger partial charge on any atom is 0.0764 e. The molecule has 4 heteroatoms. The van der Waals surface area contributed by atoms with Gasteiger partial charge in [0.25, 0.3) is 0 Å². The van der Waals surface area contributed by atoms with E-state index in [1.54, 1.807) is 0 Å². The van der Waals surface area contributed by atoms with E-state index < -0.39 is 0 Å². The molecule has 0 saturated heterocycles. The third kappa shape index (κ3) is 4.32. The van der Waals surface area contributed by atoms with Crippen molar-refractivity contribution in [3.05, 3.63) is 18.0 Å². The van der Waals surface area contributed by atoms with Crippen LogP contribution in [0.3, 0.4) is 0 Å². The highest BCUT2D eigenvalue weighted by atomic mass is 15.3. The van der Waals surface area contributed by atoms with E-state index in [1.165, 1.54) is 31.4 Å². The lowest BCUT2D eigenvalue weighted by atomic mass is 10.3. The topological polar surface area (TPSA) is 33.1 Å². The summed E-state index contributed by atoms with van der Waals surface area (Å²) in [5.41, 5.74) is 1.21. The zero-order valence-corrected chi connectivity index (χ0v) is 12.4. The fourth-order valence-corrected chi connectivity index (χ4v) is 2.83. The Labute approximate surface area is 117 Å². The van der Waals surface area contributed by atoms with Crippen molar-refractivity contribution in [1.29, 1.82) is 0 Å². The molecular formula is C15H28N4. The molecule has 0 atom stereocenters. The summed E-state index contributed by atoms with van der Waals surface area (Å²) in [6.45, 7) is 9.64. The van der Waals surface area contributed by atoms with Crippen molar-refractivity contribution in [3.63, 3.8) is 0 Å². The summed E-state index contributed by atoms with van der Waals surface area (Å²) < 4.78 is 2.19. The number of hydrogen-bond donors (Lipinski definition) is 1. The van der Waals surface area contributed by atoms with Gasteiger partial charge in [0.1, 0.15) is 0 Å². The van der Waals surface area contributed by atoms with Crippen LogP contribution in [0.4, 0.5) is 0 Å². The van der Waals surface area contributed by atoms with Crippen molar-refractivity contribution in [2.75, 3.05) is 26.2 Å². The van der Waals surface area contributed by atoms with Gasteiger partial charge in [0.2, 0.25) is 0 Å². The van der Waals surface area contributed by atoms with Crippen molar-refractivity contribution >= 4 is 0 Å². The Balaban J connectivity index is 1.83. The predicted octanol–water partition coefficient (Wildman–Crippen LogP) is 2.43. The first kappa shape index (κ1) is 14.5. The molecule has 1 N–H and O–H groups in total. The molecule has 1 aromatic rings. The third-order valence-electron chi connectivity index (χ3n) is 4.05. The highest BCUT2D eigenvalue weighted by Gasteiger charge is 2.17. The van der Waals surface area contributed by atoms with Gasteiger partial charge in [-0.1, -0.05) is 26.7 Å². The van der Waals surface area contributed by atoms with Gasteiger partial charge >= 0.3 is 0 Å². The van der Waals surface area contributed by atoms with E-state index >= 15 is 0 Å². The summed E-state index contributed by atoms with van der Waals surface area (Å²) in [4.78, 5) is 2.45. The first-order valence-electron chi connectivity index (χ1n) is 7.80. The summed E-state index contributed by atoms with van der Waals surface area (Å²) in [5, 5.41) is 8.14. The van der Waals surface area contributed by atoms with Gasteiger partial charge in [-0.2, -0.15) is 5.10 Å². The van der Waals surface area contributed by atoms with Crippen LogP contribution in [0, 0.1) is 0 Å². The predicted molar refractivity (Wildman–Crippen MR) is 79.2 cm³/mol. The van der Waals surface area contributed by atoms with Crippen LogP contribution in [0.5, 0.6) is 0 Å². The Kier molecular flexibility index (Phi) is 5.86. The van der Waals surface area contributed by atoms with Crippen LogP contribution in [-0.2, 0) is 6.54 Å². The number of likely N-dealkylation sites (N-methyl/N-ethyl adjacent to an activating group) is 2. The van der Waals surface area contributed by atoms with E-state index in [4.69, 9.17) is 5.10 Å². The largest absolute Gasteiger partial charge is 0.316 e. The fourth-order valence-electron chi connectivity index (χ4n) is 2.83. The summed E-state index contributed by atoms with van der Waals surface area (Å²) in [5.74, 6) is 0. The molecular weight excluding hydrogens is 236 g/mol. The van der Waals surface area contributed by atoms with Crippen molar-refractivity contribution in [2.24, 2.45) is 0 Å². The molecule has 0 amide bonds. The van der Waals surface area contributed by atoms with Crippen LogP contribution in [0.1, 0.15) is 51.3 Å². The molecule has 1 saturated carbocycles. The van der Waals surface area contributed by atoms with Crippen LogP contribution in [0.2, 0.25) is 0 Å². The van der Waals surface area contributed by atoms with E-state index in [2.05, 4.69) is 41.0 Å². The van der Waals surface area contributed by atoms with E-state index in [1.807, 2.05) is 0 Å². The standard InChI is InChI=1S/C15H28N4/c1-3-16-10-12-18(4-2)13-14-9-11-19(17-14)15-7-5-6-8-15/h9,11,15-16H,3-8,10,12-13H2,1-2H3. The smallest absolute Gasteiger partial charge is 0.0764 e. The highest BCUT2D eigenvalue weighted by Crippen LogP contribution is 2.28. The Bertz CT molecular complexity index is 355. The molecule has 0 aromatic carbocycles. The number of rotatable bonds is 8. The lowest BCUT2D eigenvalue weighted by Gasteiger charge is -2.19. The lowest BCUT2D eigenvalue weighted by molar-refractivity contribution is 0.275. The summed E-state index contributed by atoms with van der Waals surface area (Å²) >= 11 is 0. The van der Waals surface area contributed by atoms with Crippen LogP contribution >= 0.6 is 0 Å². The van der Waals surface area contributed by atoms with Crippen molar-refractivity contribution in [1.82, 2.24) is 20.0 Å². The molecule has 1 aliphatic rings. The zero-order chi connectivity index (χ0) is 13.5. The summed E-state index contributed by atoms with van der Waals surface area (Å²) in [7, 11) is 0. The molecule has 1 aliphatic carbocycles. The minimum atomic E-state index is 0.658. The second kappa shape index (κ2) is 7.65. The number of nitrogens with one attached hydrogen (secondary N) is 1. The molecule has 108 valence electrons. The second-order valence-electron chi connectivity index (χ2n) is 5.45. The second-order valence-corrected chi connectivity index (χ2v) is 5.45. The molecule has 19 heavy (non-hydrogen) atoms. The Morgan fingerprint density at radius 3 is 2.84 bits per heavy atom. The molecule has 1 heterocycles.